The van der Waals surface area contributed by atoms with Crippen molar-refractivity contribution in [1.29, 1.82) is 0 Å². The number of carbonyl (C=O) groups excluding carboxylic acids is 2. The second-order valence-electron chi connectivity index (χ2n) is 9.86. The highest BCUT2D eigenvalue weighted by Crippen LogP contribution is 2.44. The van der Waals surface area contributed by atoms with Gasteiger partial charge in [-0.2, -0.15) is 0 Å². The lowest BCUT2D eigenvalue weighted by Crippen LogP contribution is -2.57. The number of aliphatic carboxylic acids is 1. The molecule has 3 N–H and O–H groups in total. The Labute approximate surface area is 206 Å². The van der Waals surface area contributed by atoms with Crippen molar-refractivity contribution in [3.05, 3.63) is 59.7 Å². The van der Waals surface area contributed by atoms with E-state index in [-0.39, 0.29) is 24.9 Å². The van der Waals surface area contributed by atoms with E-state index in [0.29, 0.717) is 18.8 Å². The maximum atomic E-state index is 12.6. The number of carboxylic acids is 1. The van der Waals surface area contributed by atoms with Gasteiger partial charge in [0.2, 0.25) is 5.91 Å². The van der Waals surface area contributed by atoms with Gasteiger partial charge in [-0.15, -0.1) is 0 Å². The molecular formula is C28H34N2O5. The molecule has 0 heterocycles. The van der Waals surface area contributed by atoms with Crippen LogP contribution in [-0.4, -0.2) is 41.3 Å². The number of hydrogen-bond donors (Lipinski definition) is 3. The molecule has 1 fully saturated rings. The molecule has 0 bridgehead atoms. The molecule has 0 spiro atoms. The third-order valence-corrected chi connectivity index (χ3v) is 7.52. The van der Waals surface area contributed by atoms with Gasteiger partial charge in [0.05, 0.1) is 0 Å². The van der Waals surface area contributed by atoms with Crippen molar-refractivity contribution >= 4 is 18.0 Å². The second kappa shape index (κ2) is 10.5. The zero-order chi connectivity index (χ0) is 25.0. The Balaban J connectivity index is 1.29. The van der Waals surface area contributed by atoms with Crippen LogP contribution in [0.2, 0.25) is 0 Å². The van der Waals surface area contributed by atoms with Crippen LogP contribution in [0.4, 0.5) is 4.79 Å². The fourth-order valence-corrected chi connectivity index (χ4v) is 5.46. The predicted octanol–water partition coefficient (Wildman–Crippen LogP) is 4.84. The van der Waals surface area contributed by atoms with Crippen molar-refractivity contribution in [3.63, 3.8) is 0 Å². The van der Waals surface area contributed by atoms with Crippen molar-refractivity contribution < 1.29 is 24.2 Å². The number of fused-ring (bicyclic) bond motifs is 3. The summed E-state index contributed by atoms with van der Waals surface area (Å²) in [5, 5.41) is 15.2. The number of carbonyl (C=O) groups is 3. The van der Waals surface area contributed by atoms with E-state index in [0.717, 1.165) is 41.5 Å². The maximum absolute atomic E-state index is 12.6. The minimum absolute atomic E-state index is 0.0174. The molecule has 7 nitrogen and oxygen atoms in total. The highest BCUT2D eigenvalue weighted by atomic mass is 16.5. The smallest absolute Gasteiger partial charge is 0.407 e. The molecule has 2 aliphatic rings. The van der Waals surface area contributed by atoms with E-state index in [1.807, 2.05) is 24.3 Å². The predicted molar refractivity (Wildman–Crippen MR) is 133 cm³/mol. The van der Waals surface area contributed by atoms with Crippen LogP contribution in [-0.2, 0) is 14.3 Å². The minimum Gasteiger partial charge on any atom is -0.480 e. The third-order valence-electron chi connectivity index (χ3n) is 7.52. The van der Waals surface area contributed by atoms with Crippen LogP contribution in [0, 0.1) is 5.92 Å². The van der Waals surface area contributed by atoms with Crippen molar-refractivity contribution in [2.45, 2.75) is 69.9 Å². The summed E-state index contributed by atoms with van der Waals surface area (Å²) >= 11 is 0. The van der Waals surface area contributed by atoms with E-state index in [2.05, 4.69) is 41.8 Å². The van der Waals surface area contributed by atoms with Crippen LogP contribution >= 0.6 is 0 Å². The fraction of sp³-hybridized carbons (Fsp3) is 0.464. The first-order chi connectivity index (χ1) is 16.8. The number of benzene rings is 2. The summed E-state index contributed by atoms with van der Waals surface area (Å²) in [4.78, 5) is 37.1. The average molecular weight is 479 g/mol. The molecule has 1 atom stereocenters. The Morgan fingerprint density at radius 2 is 1.60 bits per heavy atom. The molecule has 0 radical (unpaired) electrons. The standard InChI is InChI=1S/C28H34N2O5/c1-3-19-12-14-28(15-13-19,26(32)33)30-25(31)16-18(2)29-27(34)35-17-24-22-10-6-4-8-20(22)21-9-5-7-11-23(21)24/h4-11,18-19,24H,3,12-17H2,1-2H3,(H,29,34)(H,30,31)(H,32,33). The Hall–Kier alpha value is -3.35. The zero-order valence-electron chi connectivity index (χ0n) is 20.4. The van der Waals surface area contributed by atoms with Crippen LogP contribution in [0.5, 0.6) is 0 Å². The van der Waals surface area contributed by atoms with E-state index in [9.17, 15) is 19.5 Å². The van der Waals surface area contributed by atoms with Crippen LogP contribution in [0.1, 0.15) is 69.4 Å². The number of carboxylic acid groups (broad SMARTS) is 1. The number of alkyl carbamates (subject to hydrolysis) is 1. The van der Waals surface area contributed by atoms with Gasteiger partial charge in [-0.05, 0) is 60.8 Å². The number of rotatable bonds is 8. The SMILES string of the molecule is CCC1CCC(NC(=O)CC(C)NC(=O)OCC2c3ccccc3-c3ccccc32)(C(=O)O)CC1. The monoisotopic (exact) mass is 478 g/mol. The van der Waals surface area contributed by atoms with Gasteiger partial charge >= 0.3 is 12.1 Å². The van der Waals surface area contributed by atoms with E-state index in [4.69, 9.17) is 4.74 Å². The van der Waals surface area contributed by atoms with E-state index < -0.39 is 23.6 Å². The molecule has 4 rings (SSSR count). The van der Waals surface area contributed by atoms with Gasteiger partial charge < -0.3 is 20.5 Å². The van der Waals surface area contributed by atoms with E-state index >= 15 is 0 Å². The molecule has 0 aliphatic heterocycles. The van der Waals surface area contributed by atoms with E-state index in [1.54, 1.807) is 6.92 Å². The lowest BCUT2D eigenvalue weighted by atomic mass is 9.75. The molecule has 0 aromatic heterocycles. The molecule has 0 saturated heterocycles. The van der Waals surface area contributed by atoms with Gasteiger partial charge in [-0.3, -0.25) is 4.79 Å². The largest absolute Gasteiger partial charge is 0.480 e. The first-order valence-electron chi connectivity index (χ1n) is 12.5. The number of hydrogen-bond acceptors (Lipinski definition) is 4. The number of amides is 2. The summed E-state index contributed by atoms with van der Waals surface area (Å²) < 4.78 is 5.55. The van der Waals surface area contributed by atoms with Crippen LogP contribution in [0.25, 0.3) is 11.1 Å². The lowest BCUT2D eigenvalue weighted by molar-refractivity contribution is -0.149. The summed E-state index contributed by atoms with van der Waals surface area (Å²) in [6.07, 6.45) is 2.85. The zero-order valence-corrected chi connectivity index (χ0v) is 20.4. The Bertz CT molecular complexity index is 1040. The molecule has 2 aromatic carbocycles. The summed E-state index contributed by atoms with van der Waals surface area (Å²) in [5.74, 6) is -0.902. The normalized spacial score (nSPS) is 21.9. The topological polar surface area (TPSA) is 105 Å². The quantitative estimate of drug-likeness (QED) is 0.503. The van der Waals surface area contributed by atoms with Crippen molar-refractivity contribution in [3.8, 4) is 11.1 Å². The number of nitrogens with one attached hydrogen (secondary N) is 2. The molecule has 2 aromatic rings. The molecular weight excluding hydrogens is 444 g/mol. The molecule has 7 heteroatoms. The number of ether oxygens (including phenoxy) is 1. The molecule has 186 valence electrons. The van der Waals surface area contributed by atoms with Crippen molar-refractivity contribution in [1.82, 2.24) is 10.6 Å². The van der Waals surface area contributed by atoms with Gasteiger partial charge in [0.15, 0.2) is 0 Å². The van der Waals surface area contributed by atoms with Gasteiger partial charge in [-0.1, -0.05) is 61.9 Å². The molecule has 2 aliphatic carbocycles. The maximum Gasteiger partial charge on any atom is 0.407 e. The van der Waals surface area contributed by atoms with E-state index in [1.165, 1.54) is 0 Å². The second-order valence-corrected chi connectivity index (χ2v) is 9.86. The first-order valence-corrected chi connectivity index (χ1v) is 12.5. The molecule has 2 amide bonds. The van der Waals surface area contributed by atoms with Gasteiger partial charge in [0.1, 0.15) is 12.1 Å². The van der Waals surface area contributed by atoms with Gasteiger partial charge in [-0.25, -0.2) is 9.59 Å². The Morgan fingerprint density at radius 1 is 1.03 bits per heavy atom. The fourth-order valence-electron chi connectivity index (χ4n) is 5.46. The van der Waals surface area contributed by atoms with Crippen LogP contribution in [0.3, 0.4) is 0 Å². The highest BCUT2D eigenvalue weighted by molar-refractivity contribution is 5.87. The molecule has 35 heavy (non-hydrogen) atoms. The first kappa shape index (κ1) is 24.8. The average Bonchev–Trinajstić information content (AvgIpc) is 3.16. The van der Waals surface area contributed by atoms with Crippen LogP contribution < -0.4 is 10.6 Å². The summed E-state index contributed by atoms with van der Waals surface area (Å²) in [6, 6.07) is 15.7. The third kappa shape index (κ3) is 5.34. The van der Waals surface area contributed by atoms with Gasteiger partial charge in [0, 0.05) is 18.4 Å². The molecule has 1 unspecified atom stereocenters. The minimum atomic E-state index is -1.22. The summed E-state index contributed by atoms with van der Waals surface area (Å²) in [7, 11) is 0. The van der Waals surface area contributed by atoms with Crippen molar-refractivity contribution in [2.24, 2.45) is 5.92 Å². The summed E-state index contributed by atoms with van der Waals surface area (Å²) in [6.45, 7) is 4.01. The highest BCUT2D eigenvalue weighted by Gasteiger charge is 2.43. The Morgan fingerprint density at radius 3 is 2.14 bits per heavy atom. The molecule has 1 saturated carbocycles. The van der Waals surface area contributed by atoms with Crippen LogP contribution in [0.15, 0.2) is 48.5 Å². The summed E-state index contributed by atoms with van der Waals surface area (Å²) in [5.41, 5.74) is 3.35. The lowest BCUT2D eigenvalue weighted by Gasteiger charge is -2.37. The van der Waals surface area contributed by atoms with Crippen molar-refractivity contribution in [2.75, 3.05) is 6.61 Å². The Kier molecular flexibility index (Phi) is 7.43. The van der Waals surface area contributed by atoms with Gasteiger partial charge in [0.25, 0.3) is 0 Å².